The molecule has 466 valence electrons. The summed E-state index contributed by atoms with van der Waals surface area (Å²) in [4.78, 5) is 122. The van der Waals surface area contributed by atoms with Crippen LogP contribution in [0.3, 0.4) is 0 Å². The summed E-state index contributed by atoms with van der Waals surface area (Å²) in [5, 5.41) is 0. The fraction of sp³-hybridized carbons (Fsp3) is 0.381. The lowest BCUT2D eigenvalue weighted by molar-refractivity contribution is -0.360. The number of carbonyl (C=O) groups is 9. The van der Waals surface area contributed by atoms with Crippen LogP contribution < -0.4 is 9.47 Å². The van der Waals surface area contributed by atoms with Crippen LogP contribution in [-0.2, 0) is 90.3 Å². The van der Waals surface area contributed by atoms with Gasteiger partial charge in [0.1, 0.15) is 36.4 Å². The minimum absolute atomic E-state index is 0.00261. The quantitative estimate of drug-likeness (QED) is 0.0578. The topological polar surface area (TPSA) is 301 Å². The molecule has 0 radical (unpaired) electrons. The lowest BCUT2D eigenvalue weighted by atomic mass is 9.95. The Morgan fingerprint density at radius 3 is 1.17 bits per heavy atom. The van der Waals surface area contributed by atoms with Crippen LogP contribution in [0, 0.1) is 0 Å². The molecule has 0 aromatic heterocycles. The molecule has 88 heavy (non-hydrogen) atoms. The SMILES string of the molecule is COc1ccc(O[C@@H]2O[C@H](CO[C@@H]3O[C@H](COC(=O)c4ccccc4)[C@@H](O[C@@H]4O[C@@H](C)[C@H](OC(=O)c5ccccc5)[C@@H](OC(=O)c5ccccc5)[C@H]4OC(=O)c4ccccc4)[C@H](OC(C)=O)[C@H]3OC(C)=O)[C@@H](OC(C)=O)[C@H](OC(C)=O)[C@H]2OC(C)=O)cc1. The lowest BCUT2D eigenvalue weighted by Gasteiger charge is -2.49. The third-order valence-electron chi connectivity index (χ3n) is 13.6. The number of hydrogen-bond acceptors (Lipinski definition) is 25. The summed E-state index contributed by atoms with van der Waals surface area (Å²) in [7, 11) is 1.45. The first-order chi connectivity index (χ1) is 42.3. The molecule has 3 saturated heterocycles. The van der Waals surface area contributed by atoms with E-state index in [1.54, 1.807) is 84.9 Å². The van der Waals surface area contributed by atoms with Gasteiger partial charge in [-0.3, -0.25) is 24.0 Å². The number of benzene rings is 5. The van der Waals surface area contributed by atoms with Crippen LogP contribution in [0.25, 0.3) is 0 Å². The summed E-state index contributed by atoms with van der Waals surface area (Å²) < 4.78 is 97.3. The van der Waals surface area contributed by atoms with Gasteiger partial charge in [0.05, 0.1) is 42.1 Å². The number of methoxy groups -OCH3 is 1. The third-order valence-corrected chi connectivity index (χ3v) is 13.6. The van der Waals surface area contributed by atoms with E-state index < -0.39 is 159 Å². The first kappa shape index (κ1) is 64.7. The second-order valence-electron chi connectivity index (χ2n) is 20.1. The van der Waals surface area contributed by atoms with E-state index in [1.165, 1.54) is 74.7 Å². The molecule has 25 heteroatoms. The number of rotatable bonds is 22. The predicted octanol–water partition coefficient (Wildman–Crippen LogP) is 5.86. The normalized spacial score (nSPS) is 26.5. The fourth-order valence-electron chi connectivity index (χ4n) is 9.79. The molecular formula is C63H64O25. The highest BCUT2D eigenvalue weighted by atomic mass is 16.8. The molecule has 3 aliphatic rings. The molecule has 5 aromatic carbocycles. The first-order valence-corrected chi connectivity index (χ1v) is 27.7. The van der Waals surface area contributed by atoms with Crippen molar-refractivity contribution in [3.63, 3.8) is 0 Å². The Balaban J connectivity index is 1.21. The van der Waals surface area contributed by atoms with Gasteiger partial charge in [-0.2, -0.15) is 0 Å². The predicted molar refractivity (Wildman–Crippen MR) is 298 cm³/mol. The maximum absolute atomic E-state index is 14.3. The Morgan fingerprint density at radius 2 is 0.705 bits per heavy atom. The average Bonchev–Trinajstić information content (AvgIpc) is 1.14. The number of hydrogen-bond donors (Lipinski definition) is 0. The Kier molecular flexibility index (Phi) is 22.3. The smallest absolute Gasteiger partial charge is 0.338 e. The van der Waals surface area contributed by atoms with E-state index in [0.29, 0.717) is 5.75 Å². The van der Waals surface area contributed by atoms with Crippen LogP contribution in [-0.4, -0.2) is 166 Å². The highest BCUT2D eigenvalue weighted by molar-refractivity contribution is 5.91. The van der Waals surface area contributed by atoms with E-state index in [0.717, 1.165) is 34.6 Å². The molecule has 5 aromatic rings. The van der Waals surface area contributed by atoms with Gasteiger partial charge in [0.15, 0.2) is 55.3 Å². The maximum Gasteiger partial charge on any atom is 0.338 e. The van der Waals surface area contributed by atoms with Gasteiger partial charge in [0, 0.05) is 34.6 Å². The standard InChI is InChI=1S/C63H64O25/c1-34-48(85-58(70)41-22-14-9-15-23-41)51(86-59(71)42-24-16-10-17-25-42)56(87-60(72)43-26-18-11-19-27-43)62(76-34)88-50-46(32-74-57(69)40-20-12-8-13-21-40)83-61(54(80-38(5)67)53(50)79-37(4)66)75-33-47-49(77-35(2)64)52(78-36(3)65)55(81-39(6)68)63(84-47)82-45-30-28-44(73-7)29-31-45/h8-31,34,46-56,61-63H,32-33H2,1-7H3/t34-,46+,47+,48-,49+,50+,51+,52-,53-,54+,55+,56+,61+,62-,63+/m0/s1. The summed E-state index contributed by atoms with van der Waals surface area (Å²) in [6, 6.07) is 37.1. The first-order valence-electron chi connectivity index (χ1n) is 27.7. The highest BCUT2D eigenvalue weighted by Crippen LogP contribution is 2.38. The zero-order valence-electron chi connectivity index (χ0n) is 48.6. The van der Waals surface area contributed by atoms with Crippen LogP contribution >= 0.6 is 0 Å². The Hall–Kier alpha value is -9.27. The van der Waals surface area contributed by atoms with E-state index in [9.17, 15) is 43.2 Å². The van der Waals surface area contributed by atoms with Crippen LogP contribution in [0.2, 0.25) is 0 Å². The molecule has 3 heterocycles. The van der Waals surface area contributed by atoms with Gasteiger partial charge in [-0.1, -0.05) is 72.8 Å². The van der Waals surface area contributed by atoms with Crippen molar-refractivity contribution in [2.75, 3.05) is 20.3 Å². The summed E-state index contributed by atoms with van der Waals surface area (Å²) >= 11 is 0. The lowest BCUT2D eigenvalue weighted by Crippen LogP contribution is -2.67. The zero-order valence-corrected chi connectivity index (χ0v) is 48.6. The van der Waals surface area contributed by atoms with Gasteiger partial charge in [-0.15, -0.1) is 0 Å². The summed E-state index contributed by atoms with van der Waals surface area (Å²) in [5.74, 6) is -7.86. The molecule has 0 saturated carbocycles. The van der Waals surface area contributed by atoms with Crippen LogP contribution in [0.1, 0.15) is 83.0 Å². The number of esters is 9. The van der Waals surface area contributed by atoms with Gasteiger partial charge in [0.25, 0.3) is 0 Å². The van der Waals surface area contributed by atoms with Gasteiger partial charge in [0.2, 0.25) is 12.4 Å². The molecule has 0 spiro atoms. The molecule has 15 atom stereocenters. The Bertz CT molecular complexity index is 3200. The monoisotopic (exact) mass is 1220 g/mol. The molecule has 25 nitrogen and oxygen atoms in total. The van der Waals surface area contributed by atoms with Crippen molar-refractivity contribution in [2.24, 2.45) is 0 Å². The molecule has 0 aliphatic carbocycles. The van der Waals surface area contributed by atoms with Crippen molar-refractivity contribution in [1.82, 2.24) is 0 Å². The maximum atomic E-state index is 14.3. The highest BCUT2D eigenvalue weighted by Gasteiger charge is 2.59. The van der Waals surface area contributed by atoms with Crippen molar-refractivity contribution >= 4 is 53.7 Å². The fourth-order valence-corrected chi connectivity index (χ4v) is 9.79. The number of carbonyl (C=O) groups excluding carboxylic acids is 9. The molecule has 3 aliphatic heterocycles. The van der Waals surface area contributed by atoms with Crippen molar-refractivity contribution < 1.29 is 119 Å². The summed E-state index contributed by atoms with van der Waals surface area (Å²) in [6.07, 6.45) is -25.8. The molecular weight excluding hydrogens is 1160 g/mol. The van der Waals surface area contributed by atoms with Crippen LogP contribution in [0.5, 0.6) is 11.5 Å². The van der Waals surface area contributed by atoms with E-state index in [-0.39, 0.29) is 28.0 Å². The third kappa shape index (κ3) is 17.0. The van der Waals surface area contributed by atoms with E-state index in [1.807, 2.05) is 0 Å². The van der Waals surface area contributed by atoms with Crippen LogP contribution in [0.4, 0.5) is 0 Å². The minimum atomic E-state index is -1.94. The Labute approximate surface area is 504 Å². The van der Waals surface area contributed by atoms with E-state index in [4.69, 9.17) is 75.8 Å². The summed E-state index contributed by atoms with van der Waals surface area (Å²) in [5.41, 5.74) is 0.220. The van der Waals surface area contributed by atoms with Crippen molar-refractivity contribution in [3.05, 3.63) is 168 Å². The zero-order chi connectivity index (χ0) is 63.0. The summed E-state index contributed by atoms with van der Waals surface area (Å²) in [6.45, 7) is 5.11. The van der Waals surface area contributed by atoms with Gasteiger partial charge in [-0.25, -0.2) is 19.2 Å². The van der Waals surface area contributed by atoms with Gasteiger partial charge in [-0.05, 0) is 79.7 Å². The molecule has 0 unspecified atom stereocenters. The molecule has 0 amide bonds. The molecule has 0 bridgehead atoms. The largest absolute Gasteiger partial charge is 0.497 e. The van der Waals surface area contributed by atoms with Gasteiger partial charge < -0.3 is 75.8 Å². The van der Waals surface area contributed by atoms with E-state index >= 15 is 0 Å². The average molecular weight is 1220 g/mol. The second-order valence-corrected chi connectivity index (χ2v) is 20.1. The number of ether oxygens (including phenoxy) is 16. The molecule has 8 rings (SSSR count). The molecule has 0 N–H and O–H groups in total. The Morgan fingerprint density at radius 1 is 0.352 bits per heavy atom. The minimum Gasteiger partial charge on any atom is -0.497 e. The van der Waals surface area contributed by atoms with Crippen LogP contribution in [0.15, 0.2) is 146 Å². The van der Waals surface area contributed by atoms with Crippen molar-refractivity contribution in [2.45, 2.75) is 134 Å². The van der Waals surface area contributed by atoms with Gasteiger partial charge >= 0.3 is 53.7 Å². The second kappa shape index (κ2) is 30.4. The van der Waals surface area contributed by atoms with Crippen molar-refractivity contribution in [3.8, 4) is 11.5 Å². The van der Waals surface area contributed by atoms with Crippen molar-refractivity contribution in [1.29, 1.82) is 0 Å². The van der Waals surface area contributed by atoms with E-state index in [2.05, 4.69) is 0 Å². The molecule has 3 fully saturated rings.